The van der Waals surface area contributed by atoms with E-state index in [1.807, 2.05) is 0 Å². The fourth-order valence-corrected chi connectivity index (χ4v) is 1.68. The van der Waals surface area contributed by atoms with Crippen molar-refractivity contribution in [3.05, 3.63) is 0 Å². The van der Waals surface area contributed by atoms with Crippen LogP contribution >= 0.6 is 0 Å². The Morgan fingerprint density at radius 2 is 1.67 bits per heavy atom. The Bertz CT molecular complexity index is 222. The Balaban J connectivity index is 3.44. The van der Waals surface area contributed by atoms with Crippen molar-refractivity contribution in [2.75, 3.05) is 6.61 Å². The highest BCUT2D eigenvalue weighted by atomic mass is 28.3. The second-order valence-corrected chi connectivity index (χ2v) is 10.7. The Hall–Kier alpha value is -0.263. The van der Waals surface area contributed by atoms with Crippen molar-refractivity contribution in [2.24, 2.45) is 0 Å². The molecule has 0 aliphatic heterocycles. The smallest absolute Gasteiger partial charge is 0.129 e. The molecule has 0 heterocycles. The molecular formula is C13H26OSi. The molecule has 0 amide bonds. The fraction of sp³-hybridized carbons (Fsp3) is 0.846. The third-order valence-electron chi connectivity index (χ3n) is 1.69. The lowest BCUT2D eigenvalue weighted by molar-refractivity contribution is -0.00442. The molecule has 0 fully saturated rings. The summed E-state index contributed by atoms with van der Waals surface area (Å²) in [5.41, 5.74) is 3.38. The van der Waals surface area contributed by atoms with Crippen LogP contribution in [0.5, 0.6) is 0 Å². The molecule has 0 aromatic rings. The Morgan fingerprint density at radius 3 is 2.13 bits per heavy atom. The van der Waals surface area contributed by atoms with Gasteiger partial charge in [0, 0.05) is 13.0 Å². The first-order valence-corrected chi connectivity index (χ1v) is 9.35. The van der Waals surface area contributed by atoms with Crippen molar-refractivity contribution in [3.8, 4) is 11.5 Å². The van der Waals surface area contributed by atoms with Gasteiger partial charge in [0.1, 0.15) is 8.07 Å². The van der Waals surface area contributed by atoms with Gasteiger partial charge in [-0.05, 0) is 33.6 Å². The van der Waals surface area contributed by atoms with Gasteiger partial charge < -0.3 is 4.74 Å². The summed E-state index contributed by atoms with van der Waals surface area (Å²) in [5.74, 6) is 3.28. The quantitative estimate of drug-likeness (QED) is 0.402. The Kier molecular flexibility index (Phi) is 6.24. The van der Waals surface area contributed by atoms with Crippen LogP contribution in [0.2, 0.25) is 19.6 Å². The summed E-state index contributed by atoms with van der Waals surface area (Å²) in [7, 11) is -1.15. The molecule has 15 heavy (non-hydrogen) atoms. The minimum absolute atomic E-state index is 0.00397. The third kappa shape index (κ3) is 13.7. The van der Waals surface area contributed by atoms with Gasteiger partial charge in [-0.1, -0.05) is 19.6 Å². The van der Waals surface area contributed by atoms with Crippen LogP contribution < -0.4 is 0 Å². The minimum atomic E-state index is -1.15. The van der Waals surface area contributed by atoms with E-state index in [4.69, 9.17) is 4.74 Å². The van der Waals surface area contributed by atoms with Crippen LogP contribution in [0.1, 0.15) is 40.0 Å². The molecule has 0 spiro atoms. The van der Waals surface area contributed by atoms with Crippen LogP contribution in [0.15, 0.2) is 0 Å². The molecule has 1 nitrogen and oxygen atoms in total. The summed E-state index contributed by atoms with van der Waals surface area (Å²) in [6.45, 7) is 14.0. The van der Waals surface area contributed by atoms with Crippen LogP contribution in [-0.2, 0) is 4.74 Å². The predicted molar refractivity (Wildman–Crippen MR) is 70.7 cm³/mol. The summed E-state index contributed by atoms with van der Waals surface area (Å²) in [6.07, 6.45) is 3.31. The highest BCUT2D eigenvalue weighted by Gasteiger charge is 2.09. The van der Waals surface area contributed by atoms with Crippen LogP contribution in [0.3, 0.4) is 0 Å². The number of hydrogen-bond acceptors (Lipinski definition) is 1. The average Bonchev–Trinajstić information content (AvgIpc) is 1.98. The Morgan fingerprint density at radius 1 is 1.07 bits per heavy atom. The lowest BCUT2D eigenvalue weighted by Gasteiger charge is -2.19. The van der Waals surface area contributed by atoms with Gasteiger partial charge >= 0.3 is 0 Å². The number of rotatable bonds is 4. The first kappa shape index (κ1) is 14.7. The van der Waals surface area contributed by atoms with E-state index in [-0.39, 0.29) is 5.60 Å². The summed E-state index contributed by atoms with van der Waals surface area (Å²) in [5, 5.41) is 0. The maximum absolute atomic E-state index is 5.64. The zero-order valence-electron chi connectivity index (χ0n) is 11.2. The average molecular weight is 226 g/mol. The maximum atomic E-state index is 5.64. The zero-order valence-corrected chi connectivity index (χ0v) is 12.2. The second-order valence-electron chi connectivity index (χ2n) is 5.97. The standard InChI is InChI=1S/C13H26OSi/c1-13(2,3)14-11-9-7-8-10-12-15(4,5)6/h7-9,11H2,1-6H3. The monoisotopic (exact) mass is 226 g/mol. The maximum Gasteiger partial charge on any atom is 0.129 e. The van der Waals surface area contributed by atoms with Crippen LogP contribution in [0.4, 0.5) is 0 Å². The van der Waals surface area contributed by atoms with Gasteiger partial charge in [0.2, 0.25) is 0 Å². The fourth-order valence-electron chi connectivity index (χ4n) is 1.02. The minimum Gasteiger partial charge on any atom is -0.376 e. The van der Waals surface area contributed by atoms with Crippen LogP contribution in [0, 0.1) is 11.5 Å². The molecule has 0 aromatic carbocycles. The van der Waals surface area contributed by atoms with E-state index in [2.05, 4.69) is 51.9 Å². The van der Waals surface area contributed by atoms with Gasteiger partial charge in [-0.3, -0.25) is 0 Å². The molecule has 0 N–H and O–H groups in total. The van der Waals surface area contributed by atoms with Crippen LogP contribution in [0.25, 0.3) is 0 Å². The summed E-state index contributed by atoms with van der Waals surface area (Å²) < 4.78 is 5.64. The second kappa shape index (κ2) is 6.35. The highest BCUT2D eigenvalue weighted by molar-refractivity contribution is 6.83. The molecule has 0 saturated carbocycles. The van der Waals surface area contributed by atoms with Crippen molar-refractivity contribution >= 4 is 8.07 Å². The van der Waals surface area contributed by atoms with Gasteiger partial charge in [-0.15, -0.1) is 11.5 Å². The molecule has 0 atom stereocenters. The van der Waals surface area contributed by atoms with E-state index >= 15 is 0 Å². The first-order chi connectivity index (χ1) is 6.71. The normalized spacial score (nSPS) is 12.1. The van der Waals surface area contributed by atoms with E-state index in [9.17, 15) is 0 Å². The van der Waals surface area contributed by atoms with E-state index in [0.29, 0.717) is 0 Å². The van der Waals surface area contributed by atoms with E-state index < -0.39 is 8.07 Å². The van der Waals surface area contributed by atoms with Crippen molar-refractivity contribution < 1.29 is 4.74 Å². The number of hydrogen-bond donors (Lipinski definition) is 0. The molecule has 0 aliphatic rings. The Labute approximate surface area is 96.6 Å². The SMILES string of the molecule is CC(C)(C)OCCCCC#C[Si](C)(C)C. The van der Waals surface area contributed by atoms with Crippen molar-refractivity contribution in [1.82, 2.24) is 0 Å². The lowest BCUT2D eigenvalue weighted by Crippen LogP contribution is -2.19. The van der Waals surface area contributed by atoms with E-state index in [1.165, 1.54) is 0 Å². The van der Waals surface area contributed by atoms with Gasteiger partial charge in [-0.2, -0.15) is 0 Å². The van der Waals surface area contributed by atoms with Crippen molar-refractivity contribution in [3.63, 3.8) is 0 Å². The largest absolute Gasteiger partial charge is 0.376 e. The summed E-state index contributed by atoms with van der Waals surface area (Å²) >= 11 is 0. The lowest BCUT2D eigenvalue weighted by atomic mass is 10.2. The molecule has 0 rings (SSSR count). The van der Waals surface area contributed by atoms with E-state index in [0.717, 1.165) is 25.9 Å². The van der Waals surface area contributed by atoms with Gasteiger partial charge in [0.25, 0.3) is 0 Å². The van der Waals surface area contributed by atoms with Gasteiger partial charge in [-0.25, -0.2) is 0 Å². The van der Waals surface area contributed by atoms with Gasteiger partial charge in [0.05, 0.1) is 5.60 Å². The first-order valence-electron chi connectivity index (χ1n) is 5.85. The molecule has 0 saturated heterocycles. The molecule has 0 aromatic heterocycles. The van der Waals surface area contributed by atoms with Crippen molar-refractivity contribution in [2.45, 2.75) is 65.3 Å². The molecule has 0 radical (unpaired) electrons. The summed E-state index contributed by atoms with van der Waals surface area (Å²) in [4.78, 5) is 0. The predicted octanol–water partition coefficient (Wildman–Crippen LogP) is 3.85. The molecule has 0 unspecified atom stereocenters. The van der Waals surface area contributed by atoms with Gasteiger partial charge in [0.15, 0.2) is 0 Å². The molecular weight excluding hydrogens is 200 g/mol. The van der Waals surface area contributed by atoms with E-state index in [1.54, 1.807) is 0 Å². The number of unbranched alkanes of at least 4 members (excludes halogenated alkanes) is 2. The highest BCUT2D eigenvalue weighted by Crippen LogP contribution is 2.08. The third-order valence-corrected chi connectivity index (χ3v) is 2.62. The molecule has 2 heteroatoms. The molecule has 0 bridgehead atoms. The zero-order chi connectivity index (χ0) is 11.9. The van der Waals surface area contributed by atoms with Crippen LogP contribution in [-0.4, -0.2) is 20.3 Å². The molecule has 0 aliphatic carbocycles. The topological polar surface area (TPSA) is 9.23 Å². The number of ether oxygens (including phenoxy) is 1. The van der Waals surface area contributed by atoms with Crippen molar-refractivity contribution in [1.29, 1.82) is 0 Å². The summed E-state index contributed by atoms with van der Waals surface area (Å²) in [6, 6.07) is 0. The molecule has 88 valence electrons.